The summed E-state index contributed by atoms with van der Waals surface area (Å²) in [7, 11) is 0. The van der Waals surface area contributed by atoms with Gasteiger partial charge in [-0.25, -0.2) is 0 Å². The average molecular weight is 204 g/mol. The summed E-state index contributed by atoms with van der Waals surface area (Å²) in [4.78, 5) is 11.8. The zero-order chi connectivity index (χ0) is 11.1. The SMILES string of the molecule is C=CCCOC(C)C(=O)c1ccccc1. The molecule has 0 aliphatic rings. The first kappa shape index (κ1) is 11.7. The fourth-order valence-corrected chi connectivity index (χ4v) is 1.24. The number of ketones is 1. The molecule has 0 aliphatic carbocycles. The largest absolute Gasteiger partial charge is 0.370 e. The Morgan fingerprint density at radius 3 is 2.73 bits per heavy atom. The maximum Gasteiger partial charge on any atom is 0.191 e. The van der Waals surface area contributed by atoms with Crippen LogP contribution in [-0.4, -0.2) is 18.5 Å². The number of benzene rings is 1. The van der Waals surface area contributed by atoms with Gasteiger partial charge in [0, 0.05) is 5.56 Å². The molecule has 1 aromatic carbocycles. The quantitative estimate of drug-likeness (QED) is 0.404. The summed E-state index contributed by atoms with van der Waals surface area (Å²) in [5.41, 5.74) is 0.698. The third-order valence-corrected chi connectivity index (χ3v) is 2.12. The lowest BCUT2D eigenvalue weighted by Crippen LogP contribution is -2.21. The molecule has 0 bridgehead atoms. The predicted molar refractivity (Wildman–Crippen MR) is 61.0 cm³/mol. The number of ether oxygens (including phenoxy) is 1. The van der Waals surface area contributed by atoms with Crippen molar-refractivity contribution in [3.05, 3.63) is 48.6 Å². The molecule has 2 nitrogen and oxygen atoms in total. The lowest BCUT2D eigenvalue weighted by atomic mass is 10.1. The van der Waals surface area contributed by atoms with E-state index >= 15 is 0 Å². The van der Waals surface area contributed by atoms with Gasteiger partial charge in [-0.15, -0.1) is 6.58 Å². The first-order valence-electron chi connectivity index (χ1n) is 5.07. The topological polar surface area (TPSA) is 26.3 Å². The maximum absolute atomic E-state index is 11.8. The van der Waals surface area contributed by atoms with Gasteiger partial charge in [0.25, 0.3) is 0 Å². The van der Waals surface area contributed by atoms with Gasteiger partial charge in [0.2, 0.25) is 0 Å². The zero-order valence-electron chi connectivity index (χ0n) is 8.98. The molecule has 0 spiro atoms. The van der Waals surface area contributed by atoms with Gasteiger partial charge in [-0.2, -0.15) is 0 Å². The van der Waals surface area contributed by atoms with E-state index in [9.17, 15) is 4.79 Å². The Balaban J connectivity index is 2.50. The van der Waals surface area contributed by atoms with Crippen LogP contribution in [0.1, 0.15) is 23.7 Å². The minimum atomic E-state index is -0.382. The molecule has 0 saturated carbocycles. The molecular weight excluding hydrogens is 188 g/mol. The lowest BCUT2D eigenvalue weighted by molar-refractivity contribution is 0.0492. The van der Waals surface area contributed by atoms with Gasteiger partial charge < -0.3 is 4.74 Å². The molecule has 1 unspecified atom stereocenters. The Kier molecular flexibility index (Phi) is 4.78. The van der Waals surface area contributed by atoms with Crippen molar-refractivity contribution in [1.82, 2.24) is 0 Å². The molecule has 1 aromatic rings. The second-order valence-electron chi connectivity index (χ2n) is 3.32. The summed E-state index contributed by atoms with van der Waals surface area (Å²) in [6, 6.07) is 9.19. The Morgan fingerprint density at radius 2 is 2.13 bits per heavy atom. The minimum Gasteiger partial charge on any atom is -0.370 e. The second kappa shape index (κ2) is 6.14. The molecule has 0 radical (unpaired) electrons. The van der Waals surface area contributed by atoms with E-state index in [1.165, 1.54) is 0 Å². The summed E-state index contributed by atoms with van der Waals surface area (Å²) >= 11 is 0. The van der Waals surface area contributed by atoms with Gasteiger partial charge in [-0.1, -0.05) is 36.4 Å². The molecule has 0 aliphatic heterocycles. The van der Waals surface area contributed by atoms with Crippen LogP contribution < -0.4 is 0 Å². The van der Waals surface area contributed by atoms with E-state index in [-0.39, 0.29) is 11.9 Å². The monoisotopic (exact) mass is 204 g/mol. The Hall–Kier alpha value is -1.41. The van der Waals surface area contributed by atoms with Crippen molar-refractivity contribution in [3.8, 4) is 0 Å². The van der Waals surface area contributed by atoms with Crippen molar-refractivity contribution < 1.29 is 9.53 Å². The minimum absolute atomic E-state index is 0.0275. The van der Waals surface area contributed by atoms with Crippen LogP contribution in [0, 0.1) is 0 Å². The molecule has 0 aromatic heterocycles. The molecule has 0 saturated heterocycles. The van der Waals surface area contributed by atoms with E-state index in [2.05, 4.69) is 6.58 Å². The van der Waals surface area contributed by atoms with E-state index in [4.69, 9.17) is 4.74 Å². The Morgan fingerprint density at radius 1 is 1.47 bits per heavy atom. The molecule has 0 N–H and O–H groups in total. The summed E-state index contributed by atoms with van der Waals surface area (Å²) in [6.45, 7) is 5.92. The summed E-state index contributed by atoms with van der Waals surface area (Å²) < 4.78 is 5.38. The van der Waals surface area contributed by atoms with Crippen molar-refractivity contribution in [2.45, 2.75) is 19.4 Å². The third-order valence-electron chi connectivity index (χ3n) is 2.12. The number of hydrogen-bond acceptors (Lipinski definition) is 2. The molecule has 1 rings (SSSR count). The van der Waals surface area contributed by atoms with Crippen molar-refractivity contribution in [2.75, 3.05) is 6.61 Å². The van der Waals surface area contributed by atoms with Gasteiger partial charge in [0.15, 0.2) is 5.78 Å². The van der Waals surface area contributed by atoms with Gasteiger partial charge in [0.05, 0.1) is 6.61 Å². The predicted octanol–water partition coefficient (Wildman–Crippen LogP) is 2.85. The van der Waals surface area contributed by atoms with Crippen LogP contribution in [0.3, 0.4) is 0 Å². The van der Waals surface area contributed by atoms with E-state index in [1.807, 2.05) is 18.2 Å². The summed E-state index contributed by atoms with van der Waals surface area (Å²) in [6.07, 6.45) is 2.17. The summed E-state index contributed by atoms with van der Waals surface area (Å²) in [5, 5.41) is 0. The van der Waals surface area contributed by atoms with Crippen LogP contribution in [0.15, 0.2) is 43.0 Å². The van der Waals surface area contributed by atoms with Crippen LogP contribution in [0.25, 0.3) is 0 Å². The lowest BCUT2D eigenvalue weighted by Gasteiger charge is -2.10. The second-order valence-corrected chi connectivity index (χ2v) is 3.32. The molecule has 0 fully saturated rings. The molecule has 0 heterocycles. The van der Waals surface area contributed by atoms with Crippen LogP contribution in [0.4, 0.5) is 0 Å². The molecular formula is C13H16O2. The maximum atomic E-state index is 11.8. The van der Waals surface area contributed by atoms with Crippen LogP contribution in [0.2, 0.25) is 0 Å². The third kappa shape index (κ3) is 3.68. The normalized spacial score (nSPS) is 12.1. The fraction of sp³-hybridized carbons (Fsp3) is 0.308. The molecule has 1 atom stereocenters. The molecule has 15 heavy (non-hydrogen) atoms. The summed E-state index contributed by atoms with van der Waals surface area (Å²) in [5.74, 6) is 0.0275. The van der Waals surface area contributed by atoms with Crippen molar-refractivity contribution >= 4 is 5.78 Å². The van der Waals surface area contributed by atoms with E-state index < -0.39 is 0 Å². The Bertz CT molecular complexity index is 317. The van der Waals surface area contributed by atoms with Gasteiger partial charge >= 0.3 is 0 Å². The smallest absolute Gasteiger partial charge is 0.191 e. The van der Waals surface area contributed by atoms with Gasteiger partial charge in [-0.3, -0.25) is 4.79 Å². The fourth-order valence-electron chi connectivity index (χ4n) is 1.24. The van der Waals surface area contributed by atoms with Crippen LogP contribution in [-0.2, 0) is 4.74 Å². The van der Waals surface area contributed by atoms with Gasteiger partial charge in [0.1, 0.15) is 6.10 Å². The number of carbonyl (C=O) groups excluding carboxylic acids is 1. The van der Waals surface area contributed by atoms with E-state index in [1.54, 1.807) is 25.1 Å². The van der Waals surface area contributed by atoms with Crippen LogP contribution in [0.5, 0.6) is 0 Å². The number of carbonyl (C=O) groups is 1. The number of hydrogen-bond donors (Lipinski definition) is 0. The highest BCUT2D eigenvalue weighted by Crippen LogP contribution is 2.06. The van der Waals surface area contributed by atoms with Crippen molar-refractivity contribution in [2.24, 2.45) is 0 Å². The highest BCUT2D eigenvalue weighted by molar-refractivity contribution is 5.99. The molecule has 0 amide bonds. The zero-order valence-corrected chi connectivity index (χ0v) is 8.98. The number of Topliss-reactive ketones (excluding diaryl/α,β-unsaturated/α-hetero) is 1. The van der Waals surface area contributed by atoms with Crippen molar-refractivity contribution in [3.63, 3.8) is 0 Å². The Labute approximate surface area is 90.6 Å². The first-order chi connectivity index (χ1) is 7.25. The molecule has 80 valence electrons. The molecule has 2 heteroatoms. The average Bonchev–Trinajstić information content (AvgIpc) is 2.29. The van der Waals surface area contributed by atoms with E-state index in [0.29, 0.717) is 12.2 Å². The van der Waals surface area contributed by atoms with Gasteiger partial charge in [-0.05, 0) is 13.3 Å². The van der Waals surface area contributed by atoms with E-state index in [0.717, 1.165) is 6.42 Å². The van der Waals surface area contributed by atoms with Crippen LogP contribution >= 0.6 is 0 Å². The highest BCUT2D eigenvalue weighted by Gasteiger charge is 2.14. The first-order valence-corrected chi connectivity index (χ1v) is 5.07. The number of rotatable bonds is 6. The van der Waals surface area contributed by atoms with Crippen molar-refractivity contribution in [1.29, 1.82) is 0 Å². The standard InChI is InChI=1S/C13H16O2/c1-3-4-10-15-11(2)13(14)12-8-6-5-7-9-12/h3,5-9,11H,1,4,10H2,2H3. The highest BCUT2D eigenvalue weighted by atomic mass is 16.5.